The van der Waals surface area contributed by atoms with Gasteiger partial charge >= 0.3 is 0 Å². The molecule has 0 N–H and O–H groups in total. The number of hydrogen-bond donors (Lipinski definition) is 0. The van der Waals surface area contributed by atoms with E-state index in [0.717, 1.165) is 50.4 Å². The van der Waals surface area contributed by atoms with Crippen molar-refractivity contribution in [2.75, 3.05) is 18.0 Å². The molecule has 3 fully saturated rings. The number of nitrogens with zero attached hydrogens (tertiary/aromatic N) is 4. The predicted molar refractivity (Wildman–Crippen MR) is 109 cm³/mol. The van der Waals surface area contributed by atoms with Crippen molar-refractivity contribution < 1.29 is 4.79 Å². The van der Waals surface area contributed by atoms with Crippen molar-refractivity contribution in [1.29, 1.82) is 0 Å². The van der Waals surface area contributed by atoms with Gasteiger partial charge in [0.15, 0.2) is 0 Å². The van der Waals surface area contributed by atoms with E-state index in [-0.39, 0.29) is 0 Å². The number of carbonyl (C=O) groups is 1. The molecule has 0 aliphatic carbocycles. The summed E-state index contributed by atoms with van der Waals surface area (Å²) < 4.78 is 0. The number of anilines is 1. The van der Waals surface area contributed by atoms with Gasteiger partial charge in [-0.15, -0.1) is 0 Å². The summed E-state index contributed by atoms with van der Waals surface area (Å²) >= 11 is 0. The molecule has 2 bridgehead atoms. The van der Waals surface area contributed by atoms with E-state index >= 15 is 0 Å². The second kappa shape index (κ2) is 7.19. The number of aryl methyl sites for hydroxylation is 1. The van der Waals surface area contributed by atoms with Crippen LogP contribution in [0.5, 0.6) is 0 Å². The number of aromatic nitrogens is 2. The first-order valence-corrected chi connectivity index (χ1v) is 10.6. The minimum Gasteiger partial charge on any atom is -0.356 e. The van der Waals surface area contributed by atoms with Gasteiger partial charge in [0.25, 0.3) is 0 Å². The van der Waals surface area contributed by atoms with E-state index in [2.05, 4.69) is 50.1 Å². The van der Waals surface area contributed by atoms with Crippen molar-refractivity contribution in [3.63, 3.8) is 0 Å². The summed E-state index contributed by atoms with van der Waals surface area (Å²) in [6, 6.07) is 13.4. The molecule has 1 amide bonds. The van der Waals surface area contributed by atoms with E-state index in [0.29, 0.717) is 29.8 Å². The average molecular weight is 377 g/mol. The maximum Gasteiger partial charge on any atom is 0.223 e. The first-order chi connectivity index (χ1) is 13.7. The van der Waals surface area contributed by atoms with Crippen LogP contribution in [-0.2, 0) is 11.2 Å². The van der Waals surface area contributed by atoms with Crippen molar-refractivity contribution in [3.8, 4) is 0 Å². The van der Waals surface area contributed by atoms with Gasteiger partial charge in [0.2, 0.25) is 5.91 Å². The fourth-order valence-electron chi connectivity index (χ4n) is 5.70. The Morgan fingerprint density at radius 3 is 2.75 bits per heavy atom. The summed E-state index contributed by atoms with van der Waals surface area (Å²) in [5, 5.41) is 0. The number of rotatable bonds is 3. The molecule has 3 saturated heterocycles. The Balaban J connectivity index is 1.47. The molecule has 1 aromatic carbocycles. The molecule has 0 spiro atoms. The molecule has 28 heavy (non-hydrogen) atoms. The number of benzene rings is 1. The lowest BCUT2D eigenvalue weighted by Gasteiger charge is -2.57. The molecule has 0 radical (unpaired) electrons. The Bertz CT molecular complexity index is 855. The fraction of sp³-hybridized carbons (Fsp3) is 0.522. The second-order valence-corrected chi connectivity index (χ2v) is 8.64. The van der Waals surface area contributed by atoms with E-state index in [1.807, 2.05) is 19.2 Å². The summed E-state index contributed by atoms with van der Waals surface area (Å²) in [7, 11) is 0. The topological polar surface area (TPSA) is 49.3 Å². The molecular weight excluding hydrogens is 348 g/mol. The molecular formula is C23H28N4O. The monoisotopic (exact) mass is 376 g/mol. The molecule has 0 unspecified atom stereocenters. The SMILES string of the molecule is Cc1nccc(N2C[C@H]3C[C@@H](C2)[C@H](Cc2ccccc2)N2C(=O)CCC[C@@H]32)n1. The molecule has 5 rings (SSSR count). The molecule has 146 valence electrons. The van der Waals surface area contributed by atoms with Gasteiger partial charge in [-0.05, 0) is 56.1 Å². The minimum absolute atomic E-state index is 0.294. The molecule has 5 nitrogen and oxygen atoms in total. The van der Waals surface area contributed by atoms with Crippen LogP contribution in [0.25, 0.3) is 0 Å². The van der Waals surface area contributed by atoms with Crippen LogP contribution in [0.4, 0.5) is 5.82 Å². The lowest BCUT2D eigenvalue weighted by atomic mass is 9.71. The number of piperidine rings is 3. The van der Waals surface area contributed by atoms with E-state index in [9.17, 15) is 4.79 Å². The maximum atomic E-state index is 12.9. The van der Waals surface area contributed by atoms with E-state index in [4.69, 9.17) is 0 Å². The lowest BCUT2D eigenvalue weighted by Crippen LogP contribution is -2.65. The third kappa shape index (κ3) is 3.17. The number of hydrogen-bond acceptors (Lipinski definition) is 4. The van der Waals surface area contributed by atoms with E-state index in [1.165, 1.54) is 12.0 Å². The van der Waals surface area contributed by atoms with Crippen LogP contribution in [0.3, 0.4) is 0 Å². The summed E-state index contributed by atoms with van der Waals surface area (Å²) in [5.74, 6) is 3.27. The van der Waals surface area contributed by atoms with Crippen LogP contribution < -0.4 is 4.90 Å². The largest absolute Gasteiger partial charge is 0.356 e. The maximum absolute atomic E-state index is 12.9. The zero-order chi connectivity index (χ0) is 19.1. The predicted octanol–water partition coefficient (Wildman–Crippen LogP) is 3.23. The van der Waals surface area contributed by atoms with E-state index < -0.39 is 0 Å². The smallest absolute Gasteiger partial charge is 0.223 e. The molecule has 3 aliphatic heterocycles. The quantitative estimate of drug-likeness (QED) is 0.825. The summed E-state index contributed by atoms with van der Waals surface area (Å²) in [6.07, 6.45) is 6.94. The number of fused-ring (bicyclic) bond motifs is 4. The minimum atomic E-state index is 0.294. The number of amides is 1. The summed E-state index contributed by atoms with van der Waals surface area (Å²) in [4.78, 5) is 26.6. The standard InChI is InChI=1S/C23H28N4O/c1-16-24-11-10-22(25-16)26-14-18-13-19(15-26)21(12-17-6-3-2-4-7-17)27-20(18)8-5-9-23(27)28/h2-4,6-7,10-11,18-21H,5,8-9,12-15H2,1H3/t18-,19+,20+,21+/m1/s1. The highest BCUT2D eigenvalue weighted by molar-refractivity contribution is 5.78. The highest BCUT2D eigenvalue weighted by atomic mass is 16.2. The molecule has 4 atom stereocenters. The van der Waals surface area contributed by atoms with Crippen LogP contribution in [0.1, 0.15) is 37.1 Å². The lowest BCUT2D eigenvalue weighted by molar-refractivity contribution is -0.148. The van der Waals surface area contributed by atoms with Crippen LogP contribution in [0.2, 0.25) is 0 Å². The van der Waals surface area contributed by atoms with Crippen LogP contribution >= 0.6 is 0 Å². The van der Waals surface area contributed by atoms with Gasteiger partial charge in [-0.2, -0.15) is 0 Å². The van der Waals surface area contributed by atoms with Crippen LogP contribution in [0.15, 0.2) is 42.6 Å². The highest BCUT2D eigenvalue weighted by Gasteiger charge is 2.49. The molecule has 1 aromatic heterocycles. The van der Waals surface area contributed by atoms with Gasteiger partial charge in [0.1, 0.15) is 11.6 Å². The summed E-state index contributed by atoms with van der Waals surface area (Å²) in [5.41, 5.74) is 1.33. The summed E-state index contributed by atoms with van der Waals surface area (Å²) in [6.45, 7) is 3.93. The van der Waals surface area contributed by atoms with Gasteiger partial charge in [0, 0.05) is 37.8 Å². The van der Waals surface area contributed by atoms with Crippen LogP contribution in [0, 0.1) is 18.8 Å². The zero-order valence-electron chi connectivity index (χ0n) is 16.5. The third-order valence-corrected chi connectivity index (χ3v) is 6.87. The first kappa shape index (κ1) is 17.7. The van der Waals surface area contributed by atoms with Gasteiger partial charge in [-0.1, -0.05) is 30.3 Å². The van der Waals surface area contributed by atoms with Gasteiger partial charge < -0.3 is 9.80 Å². The van der Waals surface area contributed by atoms with E-state index in [1.54, 1.807) is 0 Å². The third-order valence-electron chi connectivity index (χ3n) is 6.87. The van der Waals surface area contributed by atoms with Crippen LogP contribution in [-0.4, -0.2) is 45.9 Å². The molecule has 5 heteroatoms. The zero-order valence-corrected chi connectivity index (χ0v) is 16.5. The fourth-order valence-corrected chi connectivity index (χ4v) is 5.70. The Kier molecular flexibility index (Phi) is 4.53. The molecule has 0 saturated carbocycles. The molecule has 2 aromatic rings. The normalized spacial score (nSPS) is 29.5. The van der Waals surface area contributed by atoms with Crippen molar-refractivity contribution in [1.82, 2.24) is 14.9 Å². The Hall–Kier alpha value is -2.43. The van der Waals surface area contributed by atoms with Crippen molar-refractivity contribution in [2.24, 2.45) is 11.8 Å². The Morgan fingerprint density at radius 1 is 1.11 bits per heavy atom. The second-order valence-electron chi connectivity index (χ2n) is 8.64. The van der Waals surface area contributed by atoms with Gasteiger partial charge in [-0.25, -0.2) is 9.97 Å². The van der Waals surface area contributed by atoms with Crippen molar-refractivity contribution in [2.45, 2.75) is 51.1 Å². The van der Waals surface area contributed by atoms with Crippen molar-refractivity contribution >= 4 is 11.7 Å². The number of carbonyl (C=O) groups excluding carboxylic acids is 1. The molecule has 3 aliphatic rings. The van der Waals surface area contributed by atoms with Crippen molar-refractivity contribution in [3.05, 3.63) is 54.0 Å². The Labute approximate surface area is 166 Å². The highest BCUT2D eigenvalue weighted by Crippen LogP contribution is 2.43. The Morgan fingerprint density at radius 2 is 1.93 bits per heavy atom. The first-order valence-electron chi connectivity index (χ1n) is 10.6. The molecule has 4 heterocycles. The van der Waals surface area contributed by atoms with Gasteiger partial charge in [0.05, 0.1) is 0 Å². The van der Waals surface area contributed by atoms with Gasteiger partial charge in [-0.3, -0.25) is 4.79 Å². The average Bonchev–Trinajstić information content (AvgIpc) is 2.72.